The summed E-state index contributed by atoms with van der Waals surface area (Å²) in [5.41, 5.74) is 2.91. The van der Waals surface area contributed by atoms with Gasteiger partial charge in [-0.1, -0.05) is 42.5 Å². The van der Waals surface area contributed by atoms with Crippen LogP contribution in [0, 0.1) is 0 Å². The topological polar surface area (TPSA) is 47.8 Å². The van der Waals surface area contributed by atoms with Gasteiger partial charge in [-0.05, 0) is 30.5 Å². The van der Waals surface area contributed by atoms with E-state index in [4.69, 9.17) is 10.1 Å². The van der Waals surface area contributed by atoms with Gasteiger partial charge in [0.1, 0.15) is 5.82 Å². The van der Waals surface area contributed by atoms with Gasteiger partial charge in [0.15, 0.2) is 11.6 Å². The van der Waals surface area contributed by atoms with Crippen molar-refractivity contribution in [2.24, 2.45) is 0 Å². The van der Waals surface area contributed by atoms with E-state index in [0.29, 0.717) is 12.3 Å². The lowest BCUT2D eigenvalue weighted by atomic mass is 10.0. The summed E-state index contributed by atoms with van der Waals surface area (Å²) >= 11 is 0. The SMILES string of the molecule is O=C1C[C@H](c2nc(C3CC3)nn2-c2ccccc2)c2ccccc21. The van der Waals surface area contributed by atoms with E-state index in [9.17, 15) is 4.79 Å². The molecule has 0 bridgehead atoms. The standard InChI is InChI=1S/C20H17N3O/c24-18-12-17(15-8-4-5-9-16(15)18)20-21-19(13-10-11-13)22-23(20)14-6-2-1-3-7-14/h1-9,13,17H,10-12H2/t17-/m0/s1. The van der Waals surface area contributed by atoms with Crippen LogP contribution >= 0.6 is 0 Å². The first-order chi connectivity index (χ1) is 11.8. The summed E-state index contributed by atoms with van der Waals surface area (Å²) < 4.78 is 1.94. The van der Waals surface area contributed by atoms with Crippen LogP contribution in [0.5, 0.6) is 0 Å². The van der Waals surface area contributed by atoms with Gasteiger partial charge in [-0.2, -0.15) is 5.10 Å². The highest BCUT2D eigenvalue weighted by Crippen LogP contribution is 2.42. The van der Waals surface area contributed by atoms with E-state index in [0.717, 1.165) is 28.5 Å². The van der Waals surface area contributed by atoms with Crippen LogP contribution in [0.2, 0.25) is 0 Å². The van der Waals surface area contributed by atoms with Crippen molar-refractivity contribution < 1.29 is 4.79 Å². The number of Topliss-reactive ketones (excluding diaryl/α,β-unsaturated/α-hetero) is 1. The quantitative estimate of drug-likeness (QED) is 0.737. The fraction of sp³-hybridized carbons (Fsp3) is 0.250. The molecule has 118 valence electrons. The summed E-state index contributed by atoms with van der Waals surface area (Å²) in [7, 11) is 0. The molecule has 0 unspecified atom stereocenters. The number of rotatable bonds is 3. The van der Waals surface area contributed by atoms with Gasteiger partial charge in [0.2, 0.25) is 0 Å². The average Bonchev–Trinajstić information content (AvgIpc) is 3.30. The molecule has 5 rings (SSSR count). The Labute approximate surface area is 140 Å². The monoisotopic (exact) mass is 315 g/mol. The van der Waals surface area contributed by atoms with Gasteiger partial charge < -0.3 is 0 Å². The fourth-order valence-electron chi connectivity index (χ4n) is 3.53. The van der Waals surface area contributed by atoms with Crippen LogP contribution in [0.1, 0.15) is 58.7 Å². The number of aromatic nitrogens is 3. The number of carbonyl (C=O) groups excluding carboxylic acids is 1. The van der Waals surface area contributed by atoms with Crippen molar-refractivity contribution in [3.63, 3.8) is 0 Å². The molecule has 1 saturated carbocycles. The van der Waals surface area contributed by atoms with Gasteiger partial charge in [-0.15, -0.1) is 0 Å². The summed E-state index contributed by atoms with van der Waals surface area (Å²) in [5, 5.41) is 4.78. The number of ketones is 1. The van der Waals surface area contributed by atoms with Gasteiger partial charge in [0, 0.05) is 17.9 Å². The number of nitrogens with zero attached hydrogens (tertiary/aromatic N) is 3. The normalized spacial score (nSPS) is 19.5. The van der Waals surface area contributed by atoms with E-state index in [1.807, 2.05) is 59.3 Å². The van der Waals surface area contributed by atoms with Gasteiger partial charge in [-0.3, -0.25) is 4.79 Å². The predicted molar refractivity (Wildman–Crippen MR) is 90.6 cm³/mol. The predicted octanol–water partition coefficient (Wildman–Crippen LogP) is 3.86. The third-order valence-electron chi connectivity index (χ3n) is 4.93. The van der Waals surface area contributed by atoms with Crippen molar-refractivity contribution in [2.75, 3.05) is 0 Å². The van der Waals surface area contributed by atoms with E-state index in [-0.39, 0.29) is 11.7 Å². The third-order valence-corrected chi connectivity index (χ3v) is 4.93. The molecule has 0 aliphatic heterocycles. The van der Waals surface area contributed by atoms with Gasteiger partial charge >= 0.3 is 0 Å². The Balaban J connectivity index is 1.67. The highest BCUT2D eigenvalue weighted by atomic mass is 16.1. The maximum Gasteiger partial charge on any atom is 0.164 e. The van der Waals surface area contributed by atoms with Crippen molar-refractivity contribution in [2.45, 2.75) is 31.1 Å². The highest BCUT2D eigenvalue weighted by Gasteiger charge is 2.36. The average molecular weight is 315 g/mol. The van der Waals surface area contributed by atoms with Crippen molar-refractivity contribution in [1.82, 2.24) is 14.8 Å². The molecule has 0 N–H and O–H groups in total. The van der Waals surface area contributed by atoms with Crippen molar-refractivity contribution >= 4 is 5.78 Å². The van der Waals surface area contributed by atoms with Gasteiger partial charge in [0.05, 0.1) is 11.6 Å². The first-order valence-electron chi connectivity index (χ1n) is 8.45. The summed E-state index contributed by atoms with van der Waals surface area (Å²) in [5.74, 6) is 2.49. The zero-order valence-corrected chi connectivity index (χ0v) is 13.2. The maximum atomic E-state index is 12.4. The molecule has 2 aliphatic carbocycles. The van der Waals surface area contributed by atoms with Gasteiger partial charge in [0.25, 0.3) is 0 Å². The molecule has 0 spiro atoms. The largest absolute Gasteiger partial charge is 0.294 e. The number of hydrogen-bond donors (Lipinski definition) is 0. The summed E-state index contributed by atoms with van der Waals surface area (Å²) in [4.78, 5) is 17.3. The van der Waals surface area contributed by atoms with Crippen LogP contribution in [0.25, 0.3) is 5.69 Å². The van der Waals surface area contributed by atoms with Crippen LogP contribution in [-0.4, -0.2) is 20.5 Å². The molecule has 24 heavy (non-hydrogen) atoms. The summed E-state index contributed by atoms with van der Waals surface area (Å²) in [6.07, 6.45) is 2.81. The molecule has 2 aromatic carbocycles. The molecule has 0 amide bonds. The zero-order valence-electron chi connectivity index (χ0n) is 13.2. The lowest BCUT2D eigenvalue weighted by Crippen LogP contribution is -2.08. The number of carbonyl (C=O) groups is 1. The number of hydrogen-bond acceptors (Lipinski definition) is 3. The Morgan fingerprint density at radius 2 is 1.71 bits per heavy atom. The molecule has 2 aliphatic rings. The second kappa shape index (κ2) is 5.13. The third kappa shape index (κ3) is 2.10. The first-order valence-corrected chi connectivity index (χ1v) is 8.45. The molecule has 1 atom stereocenters. The molecular formula is C20H17N3O. The Bertz CT molecular complexity index is 925. The minimum Gasteiger partial charge on any atom is -0.294 e. The number of fused-ring (bicyclic) bond motifs is 1. The molecule has 1 aromatic heterocycles. The Hall–Kier alpha value is -2.75. The van der Waals surface area contributed by atoms with E-state index < -0.39 is 0 Å². The minimum absolute atomic E-state index is 0.00564. The van der Waals surface area contributed by atoms with Crippen LogP contribution in [0.4, 0.5) is 0 Å². The second-order valence-electron chi connectivity index (χ2n) is 6.62. The van der Waals surface area contributed by atoms with E-state index in [1.54, 1.807) is 0 Å². The molecule has 0 saturated heterocycles. The summed E-state index contributed by atoms with van der Waals surface area (Å²) in [6, 6.07) is 18.0. The number of benzene rings is 2. The minimum atomic E-state index is -0.00564. The maximum absolute atomic E-state index is 12.4. The number of para-hydroxylation sites is 1. The smallest absolute Gasteiger partial charge is 0.164 e. The Kier molecular flexibility index (Phi) is 2.92. The van der Waals surface area contributed by atoms with Crippen molar-refractivity contribution in [3.05, 3.63) is 77.4 Å². The highest BCUT2D eigenvalue weighted by molar-refractivity contribution is 6.01. The van der Waals surface area contributed by atoms with Crippen molar-refractivity contribution in [3.8, 4) is 5.69 Å². The van der Waals surface area contributed by atoms with E-state index in [2.05, 4.69) is 0 Å². The fourth-order valence-corrected chi connectivity index (χ4v) is 3.53. The molecule has 4 nitrogen and oxygen atoms in total. The van der Waals surface area contributed by atoms with Crippen molar-refractivity contribution in [1.29, 1.82) is 0 Å². The molecular weight excluding hydrogens is 298 g/mol. The molecule has 3 aromatic rings. The van der Waals surface area contributed by atoms with Crippen LogP contribution in [-0.2, 0) is 0 Å². The van der Waals surface area contributed by atoms with Gasteiger partial charge in [-0.25, -0.2) is 9.67 Å². The van der Waals surface area contributed by atoms with Crippen LogP contribution in [0.3, 0.4) is 0 Å². The van der Waals surface area contributed by atoms with Crippen LogP contribution in [0.15, 0.2) is 54.6 Å². The molecule has 1 fully saturated rings. The summed E-state index contributed by atoms with van der Waals surface area (Å²) in [6.45, 7) is 0. The zero-order chi connectivity index (χ0) is 16.1. The Morgan fingerprint density at radius 3 is 2.50 bits per heavy atom. The Morgan fingerprint density at radius 1 is 0.958 bits per heavy atom. The van der Waals surface area contributed by atoms with E-state index in [1.165, 1.54) is 12.8 Å². The molecule has 0 radical (unpaired) electrons. The lowest BCUT2D eigenvalue weighted by Gasteiger charge is -2.12. The second-order valence-corrected chi connectivity index (χ2v) is 6.62. The lowest BCUT2D eigenvalue weighted by molar-refractivity contribution is 0.0990. The first kappa shape index (κ1) is 13.7. The molecule has 1 heterocycles. The molecule has 4 heteroatoms. The van der Waals surface area contributed by atoms with E-state index >= 15 is 0 Å². The van der Waals surface area contributed by atoms with Crippen LogP contribution < -0.4 is 0 Å².